The highest BCUT2D eigenvalue weighted by Crippen LogP contribution is 2.33. The number of carbonyl (C=O) groups excluding carboxylic acids is 1. The molecule has 0 saturated carbocycles. The van der Waals surface area contributed by atoms with E-state index in [9.17, 15) is 4.79 Å². The first-order valence-corrected chi connectivity index (χ1v) is 8.82. The molecule has 0 N–H and O–H groups in total. The molecule has 3 rings (SSSR count). The number of amides is 1. The minimum Gasteiger partial charge on any atom is -0.493 e. The molecule has 0 aliphatic carbocycles. The standard InChI is InChI=1S/C19H20N2O4S/c1-6-7-21-14-9-15(23-4)16(24-5)10-17(14)26-19(21)20-18(22)13-8-11(2)25-12(13)3/h6,8-10H,1,7H2,2-5H3. The SMILES string of the molecule is C=CCn1c(=NC(=O)c2cc(C)oc2C)sc2cc(OC)c(OC)cc21. The maximum Gasteiger partial charge on any atom is 0.283 e. The van der Waals surface area contributed by atoms with Gasteiger partial charge in [-0.2, -0.15) is 4.99 Å². The zero-order valence-electron chi connectivity index (χ0n) is 15.2. The number of aryl methyl sites for hydroxylation is 2. The summed E-state index contributed by atoms with van der Waals surface area (Å²) in [5, 5.41) is 0. The highest BCUT2D eigenvalue weighted by Gasteiger charge is 2.15. The summed E-state index contributed by atoms with van der Waals surface area (Å²) in [6.07, 6.45) is 1.76. The monoisotopic (exact) mass is 372 g/mol. The van der Waals surface area contributed by atoms with Crippen molar-refractivity contribution < 1.29 is 18.7 Å². The largest absolute Gasteiger partial charge is 0.493 e. The van der Waals surface area contributed by atoms with Crippen LogP contribution >= 0.6 is 11.3 Å². The summed E-state index contributed by atoms with van der Waals surface area (Å²) in [5.41, 5.74) is 1.37. The van der Waals surface area contributed by atoms with E-state index in [1.807, 2.05) is 16.7 Å². The Morgan fingerprint density at radius 1 is 1.27 bits per heavy atom. The van der Waals surface area contributed by atoms with Crippen molar-refractivity contribution in [2.45, 2.75) is 20.4 Å². The lowest BCUT2D eigenvalue weighted by atomic mass is 10.2. The predicted molar refractivity (Wildman–Crippen MR) is 101 cm³/mol. The fourth-order valence-electron chi connectivity index (χ4n) is 2.78. The second kappa shape index (κ2) is 7.21. The summed E-state index contributed by atoms with van der Waals surface area (Å²) in [4.78, 5) is 17.5. The van der Waals surface area contributed by atoms with E-state index in [2.05, 4.69) is 11.6 Å². The quantitative estimate of drug-likeness (QED) is 0.638. The zero-order chi connectivity index (χ0) is 18.8. The Labute approximate surface area is 155 Å². The van der Waals surface area contributed by atoms with Crippen LogP contribution in [-0.4, -0.2) is 24.7 Å². The van der Waals surface area contributed by atoms with E-state index in [0.29, 0.717) is 39.9 Å². The Morgan fingerprint density at radius 3 is 2.54 bits per heavy atom. The third kappa shape index (κ3) is 3.17. The van der Waals surface area contributed by atoms with Gasteiger partial charge in [0.1, 0.15) is 11.5 Å². The summed E-state index contributed by atoms with van der Waals surface area (Å²) in [6, 6.07) is 5.47. The van der Waals surface area contributed by atoms with Gasteiger partial charge < -0.3 is 18.5 Å². The molecule has 7 heteroatoms. The summed E-state index contributed by atoms with van der Waals surface area (Å²) in [6.45, 7) is 7.88. The molecule has 136 valence electrons. The Bertz CT molecular complexity index is 1060. The van der Waals surface area contributed by atoms with Crippen LogP contribution in [0, 0.1) is 13.8 Å². The van der Waals surface area contributed by atoms with Crippen LogP contribution in [0.25, 0.3) is 10.2 Å². The van der Waals surface area contributed by atoms with Crippen LogP contribution in [0.5, 0.6) is 11.5 Å². The first kappa shape index (κ1) is 18.0. The van der Waals surface area contributed by atoms with Crippen LogP contribution in [0.2, 0.25) is 0 Å². The molecule has 0 saturated heterocycles. The minimum absolute atomic E-state index is 0.331. The number of thiazole rings is 1. The first-order chi connectivity index (χ1) is 12.5. The number of rotatable bonds is 5. The highest BCUT2D eigenvalue weighted by atomic mass is 32.1. The van der Waals surface area contributed by atoms with Crippen LogP contribution in [0.1, 0.15) is 21.9 Å². The molecular weight excluding hydrogens is 352 g/mol. The molecule has 0 unspecified atom stereocenters. The number of carbonyl (C=O) groups is 1. The number of furan rings is 1. The van der Waals surface area contributed by atoms with Crippen molar-refractivity contribution in [1.82, 2.24) is 4.57 Å². The van der Waals surface area contributed by atoms with Crippen molar-refractivity contribution in [2.75, 3.05) is 14.2 Å². The van der Waals surface area contributed by atoms with Gasteiger partial charge in [0, 0.05) is 18.7 Å². The van der Waals surface area contributed by atoms with Crippen molar-refractivity contribution in [3.63, 3.8) is 0 Å². The topological polar surface area (TPSA) is 66.0 Å². The third-order valence-electron chi connectivity index (χ3n) is 3.97. The molecule has 0 radical (unpaired) electrons. The summed E-state index contributed by atoms with van der Waals surface area (Å²) in [5.74, 6) is 2.17. The van der Waals surface area contributed by atoms with E-state index < -0.39 is 0 Å². The van der Waals surface area contributed by atoms with E-state index in [-0.39, 0.29) is 5.91 Å². The van der Waals surface area contributed by atoms with Gasteiger partial charge >= 0.3 is 0 Å². The molecule has 0 atom stereocenters. The molecule has 26 heavy (non-hydrogen) atoms. The lowest BCUT2D eigenvalue weighted by molar-refractivity contribution is 0.0996. The Morgan fingerprint density at radius 2 is 1.96 bits per heavy atom. The van der Waals surface area contributed by atoms with E-state index in [0.717, 1.165) is 10.2 Å². The van der Waals surface area contributed by atoms with Crippen LogP contribution in [-0.2, 0) is 6.54 Å². The molecule has 0 fully saturated rings. The summed E-state index contributed by atoms with van der Waals surface area (Å²) in [7, 11) is 3.18. The normalized spacial score (nSPS) is 11.8. The summed E-state index contributed by atoms with van der Waals surface area (Å²) < 4.78 is 19.1. The average Bonchev–Trinajstić information content (AvgIpc) is 3.13. The van der Waals surface area contributed by atoms with Gasteiger partial charge in [-0.1, -0.05) is 17.4 Å². The number of nitrogens with zero attached hydrogens (tertiary/aromatic N) is 2. The van der Waals surface area contributed by atoms with Crippen molar-refractivity contribution >= 4 is 27.5 Å². The molecule has 1 aromatic carbocycles. The number of allylic oxidation sites excluding steroid dienone is 1. The lowest BCUT2D eigenvalue weighted by Crippen LogP contribution is -2.16. The molecule has 3 aromatic rings. The van der Waals surface area contributed by atoms with Gasteiger partial charge in [-0.25, -0.2) is 0 Å². The molecule has 6 nitrogen and oxygen atoms in total. The van der Waals surface area contributed by atoms with Crippen LogP contribution in [0.3, 0.4) is 0 Å². The van der Waals surface area contributed by atoms with E-state index in [4.69, 9.17) is 13.9 Å². The molecule has 1 amide bonds. The average molecular weight is 372 g/mol. The van der Waals surface area contributed by atoms with Crippen molar-refractivity contribution in [2.24, 2.45) is 4.99 Å². The van der Waals surface area contributed by atoms with Gasteiger partial charge in [0.25, 0.3) is 5.91 Å². The van der Waals surface area contributed by atoms with Gasteiger partial charge in [0.2, 0.25) is 0 Å². The van der Waals surface area contributed by atoms with Gasteiger partial charge in [-0.05, 0) is 19.9 Å². The molecule has 2 heterocycles. The lowest BCUT2D eigenvalue weighted by Gasteiger charge is -2.08. The molecule has 0 bridgehead atoms. The van der Waals surface area contributed by atoms with E-state index in [1.54, 1.807) is 40.2 Å². The number of methoxy groups -OCH3 is 2. The number of fused-ring (bicyclic) bond motifs is 1. The number of ether oxygens (including phenoxy) is 2. The maximum absolute atomic E-state index is 12.6. The summed E-state index contributed by atoms with van der Waals surface area (Å²) >= 11 is 1.41. The molecule has 0 aliphatic rings. The fourth-order valence-corrected chi connectivity index (χ4v) is 3.83. The van der Waals surface area contributed by atoms with Gasteiger partial charge in [-0.3, -0.25) is 4.79 Å². The van der Waals surface area contributed by atoms with E-state index >= 15 is 0 Å². The Hall–Kier alpha value is -2.80. The fraction of sp³-hybridized carbons (Fsp3) is 0.263. The third-order valence-corrected chi connectivity index (χ3v) is 5.01. The van der Waals surface area contributed by atoms with Gasteiger partial charge in [0.15, 0.2) is 16.3 Å². The molecule has 2 aromatic heterocycles. The Kier molecular flexibility index (Phi) is 4.99. The number of aromatic nitrogens is 1. The van der Waals surface area contributed by atoms with Gasteiger partial charge in [-0.15, -0.1) is 6.58 Å². The second-order valence-electron chi connectivity index (χ2n) is 5.70. The number of benzene rings is 1. The molecule has 0 aliphatic heterocycles. The van der Waals surface area contributed by atoms with Crippen molar-refractivity contribution in [1.29, 1.82) is 0 Å². The van der Waals surface area contributed by atoms with Crippen LogP contribution < -0.4 is 14.3 Å². The Balaban J connectivity index is 2.21. The number of hydrogen-bond donors (Lipinski definition) is 0. The first-order valence-electron chi connectivity index (χ1n) is 8.00. The molecular formula is C19H20N2O4S. The predicted octanol–water partition coefficient (Wildman–Crippen LogP) is 3.86. The highest BCUT2D eigenvalue weighted by molar-refractivity contribution is 7.16. The second-order valence-corrected chi connectivity index (χ2v) is 6.71. The number of hydrogen-bond acceptors (Lipinski definition) is 5. The van der Waals surface area contributed by atoms with Crippen molar-refractivity contribution in [3.8, 4) is 11.5 Å². The maximum atomic E-state index is 12.6. The van der Waals surface area contributed by atoms with Gasteiger partial charge in [0.05, 0.1) is 30.0 Å². The molecule has 0 spiro atoms. The van der Waals surface area contributed by atoms with E-state index in [1.165, 1.54) is 11.3 Å². The van der Waals surface area contributed by atoms with Crippen LogP contribution in [0.15, 0.2) is 40.3 Å². The zero-order valence-corrected chi connectivity index (χ0v) is 16.0. The van der Waals surface area contributed by atoms with Crippen LogP contribution in [0.4, 0.5) is 0 Å². The smallest absolute Gasteiger partial charge is 0.283 e. The minimum atomic E-state index is -0.331. The van der Waals surface area contributed by atoms with Crippen molar-refractivity contribution in [3.05, 3.63) is 52.7 Å².